The molecule has 0 bridgehead atoms. The Morgan fingerprint density at radius 1 is 1.14 bits per heavy atom. The van der Waals surface area contributed by atoms with Gasteiger partial charge in [0, 0.05) is 5.41 Å². The summed E-state index contributed by atoms with van der Waals surface area (Å²) in [4.78, 5) is 22.4. The summed E-state index contributed by atoms with van der Waals surface area (Å²) in [6, 6.07) is 6.24. The Balaban J connectivity index is 2.67. The van der Waals surface area contributed by atoms with Gasteiger partial charge in [-0.25, -0.2) is 14.3 Å². The van der Waals surface area contributed by atoms with Gasteiger partial charge in [0.2, 0.25) is 0 Å². The second-order valence-electron chi connectivity index (χ2n) is 5.73. The van der Waals surface area contributed by atoms with E-state index in [0.29, 0.717) is 11.4 Å². The zero-order chi connectivity index (χ0) is 15.8. The van der Waals surface area contributed by atoms with Gasteiger partial charge in [0.1, 0.15) is 5.56 Å². The highest BCUT2D eigenvalue weighted by atomic mass is 16.4. The van der Waals surface area contributed by atoms with Crippen LogP contribution in [0.3, 0.4) is 0 Å². The molecule has 0 aliphatic heterocycles. The maximum atomic E-state index is 11.3. The molecule has 0 aliphatic carbocycles. The third kappa shape index (κ3) is 2.79. The van der Waals surface area contributed by atoms with Gasteiger partial charge in [0.05, 0.1) is 23.1 Å². The molecular formula is C15H16N2O4. The van der Waals surface area contributed by atoms with Crippen molar-refractivity contribution in [2.45, 2.75) is 26.2 Å². The summed E-state index contributed by atoms with van der Waals surface area (Å²) in [5.41, 5.74) is 0.830. The van der Waals surface area contributed by atoms with Gasteiger partial charge < -0.3 is 10.2 Å². The quantitative estimate of drug-likeness (QED) is 0.905. The van der Waals surface area contributed by atoms with Crippen LogP contribution in [0.15, 0.2) is 30.5 Å². The third-order valence-electron chi connectivity index (χ3n) is 3.05. The molecule has 0 saturated heterocycles. The number of carboxylic acid groups (broad SMARTS) is 2. The van der Waals surface area contributed by atoms with Crippen LogP contribution in [0.2, 0.25) is 0 Å². The molecule has 0 aliphatic rings. The largest absolute Gasteiger partial charge is 0.478 e. The van der Waals surface area contributed by atoms with Gasteiger partial charge in [-0.05, 0) is 18.2 Å². The van der Waals surface area contributed by atoms with E-state index in [0.717, 1.165) is 0 Å². The number of carboxylic acids is 2. The molecule has 0 unspecified atom stereocenters. The van der Waals surface area contributed by atoms with Crippen LogP contribution in [0.25, 0.3) is 5.69 Å². The van der Waals surface area contributed by atoms with E-state index in [1.165, 1.54) is 23.0 Å². The van der Waals surface area contributed by atoms with Gasteiger partial charge in [-0.2, -0.15) is 5.10 Å². The predicted octanol–water partition coefficient (Wildman–Crippen LogP) is 2.57. The Labute approximate surface area is 121 Å². The summed E-state index contributed by atoms with van der Waals surface area (Å²) < 4.78 is 1.48. The average Bonchev–Trinajstić information content (AvgIpc) is 2.83. The van der Waals surface area contributed by atoms with Crippen LogP contribution in [-0.2, 0) is 5.41 Å². The number of hydrogen-bond acceptors (Lipinski definition) is 3. The lowest BCUT2D eigenvalue weighted by molar-refractivity contribution is 0.0684. The molecule has 6 heteroatoms. The van der Waals surface area contributed by atoms with E-state index in [1.807, 2.05) is 20.8 Å². The van der Waals surface area contributed by atoms with Gasteiger partial charge >= 0.3 is 11.9 Å². The van der Waals surface area contributed by atoms with E-state index in [9.17, 15) is 14.7 Å². The van der Waals surface area contributed by atoms with Crippen molar-refractivity contribution in [2.75, 3.05) is 0 Å². The van der Waals surface area contributed by atoms with Crippen LogP contribution in [0.5, 0.6) is 0 Å². The summed E-state index contributed by atoms with van der Waals surface area (Å²) in [5.74, 6) is -2.10. The second-order valence-corrected chi connectivity index (χ2v) is 5.73. The number of nitrogens with zero attached hydrogens (tertiary/aromatic N) is 2. The van der Waals surface area contributed by atoms with Crippen molar-refractivity contribution < 1.29 is 19.8 Å². The van der Waals surface area contributed by atoms with E-state index < -0.39 is 17.4 Å². The fourth-order valence-corrected chi connectivity index (χ4v) is 2.19. The fourth-order valence-electron chi connectivity index (χ4n) is 2.19. The minimum atomic E-state index is -1.06. The molecule has 110 valence electrons. The molecule has 0 spiro atoms. The van der Waals surface area contributed by atoms with Gasteiger partial charge in [-0.15, -0.1) is 0 Å². The van der Waals surface area contributed by atoms with Crippen LogP contribution < -0.4 is 0 Å². The van der Waals surface area contributed by atoms with Crippen molar-refractivity contribution in [1.29, 1.82) is 0 Å². The lowest BCUT2D eigenvalue weighted by Gasteiger charge is -2.21. The first-order valence-electron chi connectivity index (χ1n) is 6.37. The molecule has 1 aromatic carbocycles. The van der Waals surface area contributed by atoms with Gasteiger partial charge in [-0.1, -0.05) is 26.8 Å². The van der Waals surface area contributed by atoms with E-state index in [1.54, 1.807) is 12.1 Å². The smallest absolute Gasteiger partial charge is 0.339 e. The predicted molar refractivity (Wildman–Crippen MR) is 76.2 cm³/mol. The van der Waals surface area contributed by atoms with E-state index in [-0.39, 0.29) is 11.1 Å². The molecule has 2 aromatic rings. The lowest BCUT2D eigenvalue weighted by atomic mass is 9.89. The summed E-state index contributed by atoms with van der Waals surface area (Å²) in [6.07, 6.45) is 1.29. The topological polar surface area (TPSA) is 92.4 Å². The highest BCUT2D eigenvalue weighted by Gasteiger charge is 2.28. The van der Waals surface area contributed by atoms with Crippen molar-refractivity contribution in [2.24, 2.45) is 0 Å². The highest BCUT2D eigenvalue weighted by Crippen LogP contribution is 2.28. The third-order valence-corrected chi connectivity index (χ3v) is 3.05. The summed E-state index contributed by atoms with van der Waals surface area (Å²) in [7, 11) is 0. The molecule has 2 N–H and O–H groups in total. The van der Waals surface area contributed by atoms with E-state index in [2.05, 4.69) is 5.10 Å². The molecule has 1 heterocycles. The van der Waals surface area contributed by atoms with Gasteiger partial charge in [0.25, 0.3) is 0 Å². The average molecular weight is 288 g/mol. The zero-order valence-electron chi connectivity index (χ0n) is 12.0. The number of aromatic carboxylic acids is 2. The Morgan fingerprint density at radius 2 is 1.81 bits per heavy atom. The number of rotatable bonds is 3. The minimum absolute atomic E-state index is 0.114. The van der Waals surface area contributed by atoms with Crippen LogP contribution >= 0.6 is 0 Å². The monoisotopic (exact) mass is 288 g/mol. The van der Waals surface area contributed by atoms with Crippen molar-refractivity contribution in [3.63, 3.8) is 0 Å². The molecule has 0 amide bonds. The fraction of sp³-hybridized carbons (Fsp3) is 0.267. The van der Waals surface area contributed by atoms with Crippen LogP contribution in [0, 0.1) is 0 Å². The van der Waals surface area contributed by atoms with Crippen molar-refractivity contribution in [3.8, 4) is 5.69 Å². The standard InChI is InChI=1S/C15H16N2O4/c1-15(2,3)12-11(14(20)21)8-16-17(12)10-6-4-5-9(7-10)13(18)19/h4-8H,1-3H3,(H,18,19)(H,20,21). The first-order valence-corrected chi connectivity index (χ1v) is 6.37. The highest BCUT2D eigenvalue weighted by molar-refractivity contribution is 5.90. The van der Waals surface area contributed by atoms with Crippen LogP contribution in [0.4, 0.5) is 0 Å². The van der Waals surface area contributed by atoms with Crippen LogP contribution in [-0.4, -0.2) is 31.9 Å². The first-order chi connectivity index (χ1) is 9.71. The lowest BCUT2D eigenvalue weighted by Crippen LogP contribution is -2.21. The van der Waals surface area contributed by atoms with Crippen molar-refractivity contribution in [1.82, 2.24) is 9.78 Å². The minimum Gasteiger partial charge on any atom is -0.478 e. The Morgan fingerprint density at radius 3 is 2.33 bits per heavy atom. The Bertz CT molecular complexity index is 711. The van der Waals surface area contributed by atoms with Crippen molar-refractivity contribution in [3.05, 3.63) is 47.3 Å². The summed E-state index contributed by atoms with van der Waals surface area (Å²) in [5, 5.41) is 22.5. The molecular weight excluding hydrogens is 272 g/mol. The Kier molecular flexibility index (Phi) is 3.55. The normalized spacial score (nSPS) is 11.4. The maximum absolute atomic E-state index is 11.3. The second kappa shape index (κ2) is 5.05. The van der Waals surface area contributed by atoms with Crippen LogP contribution in [0.1, 0.15) is 47.2 Å². The molecule has 0 atom stereocenters. The Hall–Kier alpha value is -2.63. The molecule has 2 rings (SSSR count). The van der Waals surface area contributed by atoms with Gasteiger partial charge in [-0.3, -0.25) is 0 Å². The molecule has 1 aromatic heterocycles. The number of carbonyl (C=O) groups is 2. The number of benzene rings is 1. The number of aromatic nitrogens is 2. The van der Waals surface area contributed by atoms with Gasteiger partial charge in [0.15, 0.2) is 0 Å². The summed E-state index contributed by atoms with van der Waals surface area (Å²) in [6.45, 7) is 5.65. The molecule has 21 heavy (non-hydrogen) atoms. The SMILES string of the molecule is CC(C)(C)c1c(C(=O)O)cnn1-c1cccc(C(=O)O)c1. The molecule has 0 radical (unpaired) electrons. The molecule has 0 saturated carbocycles. The van der Waals surface area contributed by atoms with E-state index >= 15 is 0 Å². The van der Waals surface area contributed by atoms with Crippen molar-refractivity contribution >= 4 is 11.9 Å². The first kappa shape index (κ1) is 14.8. The number of hydrogen-bond donors (Lipinski definition) is 2. The van der Waals surface area contributed by atoms with E-state index in [4.69, 9.17) is 5.11 Å². The summed E-state index contributed by atoms with van der Waals surface area (Å²) >= 11 is 0. The molecule has 0 fully saturated rings. The molecule has 6 nitrogen and oxygen atoms in total. The zero-order valence-corrected chi connectivity index (χ0v) is 12.0. The maximum Gasteiger partial charge on any atom is 0.339 e.